The fourth-order valence-electron chi connectivity index (χ4n) is 5.16. The number of ketones is 1. The number of hydrogen-bond acceptors (Lipinski definition) is 2. The summed E-state index contributed by atoms with van der Waals surface area (Å²) in [4.78, 5) is 13.5. The number of benzene rings is 2. The predicted octanol–water partition coefficient (Wildman–Crippen LogP) is 5.39. The third-order valence-corrected chi connectivity index (χ3v) is 6.61. The smallest absolute Gasteiger partial charge is 0.148 e. The summed E-state index contributed by atoms with van der Waals surface area (Å²) < 4.78 is 58.4. The van der Waals surface area contributed by atoms with E-state index in [4.69, 9.17) is 0 Å². The fraction of sp³-hybridized carbons (Fsp3) is 0.409. The molecule has 1 heterocycles. The Kier molecular flexibility index (Phi) is 4.38. The molecule has 0 spiro atoms. The first-order chi connectivity index (χ1) is 13.2. The summed E-state index contributed by atoms with van der Waals surface area (Å²) in [5.74, 6) is -3.35. The molecule has 0 amide bonds. The second-order valence-corrected chi connectivity index (χ2v) is 8.32. The van der Waals surface area contributed by atoms with Crippen LogP contribution in [0.4, 0.5) is 17.6 Å². The molecule has 6 heteroatoms. The molecule has 0 unspecified atom stereocenters. The van der Waals surface area contributed by atoms with E-state index in [0.29, 0.717) is 19.3 Å². The zero-order valence-electron chi connectivity index (χ0n) is 15.7. The highest BCUT2D eigenvalue weighted by Gasteiger charge is 2.61. The molecule has 4 rings (SSSR count). The van der Waals surface area contributed by atoms with E-state index in [1.165, 1.54) is 12.1 Å². The van der Waals surface area contributed by atoms with Gasteiger partial charge in [-0.2, -0.15) is 0 Å². The average molecular weight is 391 g/mol. The van der Waals surface area contributed by atoms with Gasteiger partial charge in [-0.05, 0) is 37.1 Å². The Balaban J connectivity index is 1.93. The maximum absolute atomic E-state index is 14.6. The van der Waals surface area contributed by atoms with Crippen LogP contribution in [0, 0.1) is 34.1 Å². The van der Waals surface area contributed by atoms with Crippen LogP contribution in [0.5, 0.6) is 0 Å². The molecule has 2 aromatic rings. The van der Waals surface area contributed by atoms with E-state index in [1.807, 2.05) is 0 Å². The molecule has 1 N–H and O–H groups in total. The number of rotatable bonds is 2. The average Bonchev–Trinajstić information content (AvgIpc) is 2.62. The molecule has 1 saturated carbocycles. The molecular weight excluding hydrogens is 370 g/mol. The van der Waals surface area contributed by atoms with Crippen molar-refractivity contribution >= 4 is 5.78 Å². The number of halogens is 4. The number of fused-ring (bicyclic) bond motifs is 2. The van der Waals surface area contributed by atoms with Crippen LogP contribution in [0.15, 0.2) is 36.4 Å². The molecule has 0 radical (unpaired) electrons. The van der Waals surface area contributed by atoms with Crippen molar-refractivity contribution in [1.82, 2.24) is 5.32 Å². The second kappa shape index (κ2) is 6.41. The number of nitrogens with one attached hydrogen (secondary N) is 1. The van der Waals surface area contributed by atoms with E-state index in [0.717, 1.165) is 24.3 Å². The molecule has 28 heavy (non-hydrogen) atoms. The number of piperidine rings is 1. The lowest BCUT2D eigenvalue weighted by atomic mass is 9.52. The largest absolute Gasteiger partial charge is 0.301 e. The van der Waals surface area contributed by atoms with Gasteiger partial charge >= 0.3 is 0 Å². The normalized spacial score (nSPS) is 32.4. The van der Waals surface area contributed by atoms with E-state index in [1.54, 1.807) is 13.8 Å². The van der Waals surface area contributed by atoms with Gasteiger partial charge in [-0.1, -0.05) is 32.4 Å². The van der Waals surface area contributed by atoms with Crippen LogP contribution in [0.1, 0.15) is 56.3 Å². The minimum Gasteiger partial charge on any atom is -0.301 e. The van der Waals surface area contributed by atoms with Crippen molar-refractivity contribution in [3.63, 3.8) is 0 Å². The standard InChI is InChI=1S/C22H21F4NO/c1-21-10-5-11-22(2,20(21)28)19(17-14(25)8-4-9-15(17)26)27-18(21)16-12(23)6-3-7-13(16)24/h3-4,6-9,18-19,27H,5,10-11H2,1-2H3/t18-,19+,21+,22-. The van der Waals surface area contributed by atoms with Crippen molar-refractivity contribution in [3.8, 4) is 0 Å². The van der Waals surface area contributed by atoms with E-state index in [-0.39, 0.29) is 16.9 Å². The highest BCUT2D eigenvalue weighted by molar-refractivity contribution is 5.93. The number of Topliss-reactive ketones (excluding diaryl/α,β-unsaturated/α-hetero) is 1. The first-order valence-corrected chi connectivity index (χ1v) is 9.39. The second-order valence-electron chi connectivity index (χ2n) is 8.32. The highest BCUT2D eigenvalue weighted by Crippen LogP contribution is 2.59. The lowest BCUT2D eigenvalue weighted by Crippen LogP contribution is -2.62. The highest BCUT2D eigenvalue weighted by atomic mass is 19.1. The van der Waals surface area contributed by atoms with Crippen molar-refractivity contribution < 1.29 is 22.4 Å². The first-order valence-electron chi connectivity index (χ1n) is 9.39. The van der Waals surface area contributed by atoms with Gasteiger partial charge in [-0.15, -0.1) is 0 Å². The van der Waals surface area contributed by atoms with Gasteiger partial charge < -0.3 is 5.32 Å². The fourth-order valence-corrected chi connectivity index (χ4v) is 5.16. The SMILES string of the molecule is C[C@]12CCC[C@](C)(C1=O)[C@@H](c1c(F)cccc1F)N[C@H]2c1c(F)cccc1F. The quantitative estimate of drug-likeness (QED) is 0.695. The third kappa shape index (κ3) is 2.54. The van der Waals surface area contributed by atoms with Gasteiger partial charge in [-0.25, -0.2) is 17.6 Å². The van der Waals surface area contributed by atoms with Crippen LogP contribution in [0.3, 0.4) is 0 Å². The minimum absolute atomic E-state index is 0.217. The van der Waals surface area contributed by atoms with E-state index < -0.39 is 46.2 Å². The summed E-state index contributed by atoms with van der Waals surface area (Å²) in [6.45, 7) is 3.37. The van der Waals surface area contributed by atoms with Crippen LogP contribution in [-0.4, -0.2) is 5.78 Å². The van der Waals surface area contributed by atoms with Crippen molar-refractivity contribution in [2.75, 3.05) is 0 Å². The Morgan fingerprint density at radius 2 is 1.14 bits per heavy atom. The summed E-state index contributed by atoms with van der Waals surface area (Å²) in [6, 6.07) is 4.96. The van der Waals surface area contributed by atoms with E-state index in [2.05, 4.69) is 5.32 Å². The maximum Gasteiger partial charge on any atom is 0.148 e. The summed E-state index contributed by atoms with van der Waals surface area (Å²) >= 11 is 0. The lowest BCUT2D eigenvalue weighted by Gasteiger charge is -2.56. The Morgan fingerprint density at radius 3 is 1.50 bits per heavy atom. The van der Waals surface area contributed by atoms with Crippen LogP contribution in [-0.2, 0) is 4.79 Å². The summed E-state index contributed by atoms with van der Waals surface area (Å²) in [5.41, 5.74) is -2.67. The number of hydrogen-bond donors (Lipinski definition) is 1. The molecule has 2 aliphatic rings. The van der Waals surface area contributed by atoms with Gasteiger partial charge in [0.2, 0.25) is 0 Å². The van der Waals surface area contributed by atoms with Crippen LogP contribution in [0.2, 0.25) is 0 Å². The van der Waals surface area contributed by atoms with Gasteiger partial charge in [0.15, 0.2) is 0 Å². The zero-order chi connectivity index (χ0) is 20.3. The zero-order valence-corrected chi connectivity index (χ0v) is 15.7. The Bertz CT molecular complexity index is 848. The van der Waals surface area contributed by atoms with Gasteiger partial charge in [-0.3, -0.25) is 4.79 Å². The lowest BCUT2D eigenvalue weighted by molar-refractivity contribution is -0.154. The Hall–Kier alpha value is -2.21. The van der Waals surface area contributed by atoms with Gasteiger partial charge in [0.25, 0.3) is 0 Å². The maximum atomic E-state index is 14.6. The van der Waals surface area contributed by atoms with Crippen molar-refractivity contribution in [3.05, 3.63) is 70.8 Å². The van der Waals surface area contributed by atoms with Gasteiger partial charge in [0, 0.05) is 22.0 Å². The topological polar surface area (TPSA) is 29.1 Å². The van der Waals surface area contributed by atoms with Crippen LogP contribution in [0.25, 0.3) is 0 Å². The molecule has 1 aliphatic heterocycles. The summed E-state index contributed by atoms with van der Waals surface area (Å²) in [6.07, 6.45) is 1.51. The number of carbonyl (C=O) groups is 1. The Labute approximate surface area is 160 Å². The minimum atomic E-state index is -1.08. The summed E-state index contributed by atoms with van der Waals surface area (Å²) in [7, 11) is 0. The van der Waals surface area contributed by atoms with Crippen molar-refractivity contribution in [2.45, 2.75) is 45.2 Å². The molecule has 2 fully saturated rings. The predicted molar refractivity (Wildman–Crippen MR) is 96.4 cm³/mol. The van der Waals surface area contributed by atoms with Gasteiger partial charge in [0.05, 0.1) is 12.1 Å². The van der Waals surface area contributed by atoms with Crippen molar-refractivity contribution in [2.24, 2.45) is 10.8 Å². The van der Waals surface area contributed by atoms with Crippen LogP contribution < -0.4 is 5.32 Å². The van der Waals surface area contributed by atoms with E-state index >= 15 is 0 Å². The molecule has 1 saturated heterocycles. The molecule has 2 bridgehead atoms. The molecule has 2 nitrogen and oxygen atoms in total. The monoisotopic (exact) mass is 391 g/mol. The molecular formula is C22H21F4NO. The molecule has 0 aromatic heterocycles. The molecule has 148 valence electrons. The molecule has 1 aliphatic carbocycles. The van der Waals surface area contributed by atoms with E-state index in [9.17, 15) is 22.4 Å². The van der Waals surface area contributed by atoms with Gasteiger partial charge in [0.1, 0.15) is 29.1 Å². The van der Waals surface area contributed by atoms with Crippen LogP contribution >= 0.6 is 0 Å². The third-order valence-electron chi connectivity index (χ3n) is 6.61. The molecule has 2 aromatic carbocycles. The summed E-state index contributed by atoms with van der Waals surface area (Å²) in [5, 5.41) is 3.08. The first kappa shape index (κ1) is 19.1. The molecule has 4 atom stereocenters. The number of carbonyl (C=O) groups excluding carboxylic acids is 1. The Morgan fingerprint density at radius 1 is 0.786 bits per heavy atom. The van der Waals surface area contributed by atoms with Crippen molar-refractivity contribution in [1.29, 1.82) is 0 Å².